The lowest BCUT2D eigenvalue weighted by Gasteiger charge is -2.22. The largest absolute Gasteiger partial charge is 0.493 e. The Morgan fingerprint density at radius 2 is 2.04 bits per heavy atom. The van der Waals surface area contributed by atoms with Crippen LogP contribution in [0, 0.1) is 5.92 Å². The summed E-state index contributed by atoms with van der Waals surface area (Å²) in [7, 11) is 0. The van der Waals surface area contributed by atoms with E-state index in [2.05, 4.69) is 0 Å². The number of ether oxygens (including phenoxy) is 2. The molecule has 1 heterocycles. The zero-order valence-electron chi connectivity index (χ0n) is 12.3. The number of carboxylic acid groups (broad SMARTS) is 1. The molecule has 0 spiro atoms. The molecule has 1 aromatic carbocycles. The van der Waals surface area contributed by atoms with Gasteiger partial charge in [0.25, 0.3) is 0 Å². The molecule has 0 unspecified atom stereocenters. The minimum absolute atomic E-state index is 0.122. The molecular weight excluding hydrogens is 313 g/mol. The molecule has 1 aliphatic heterocycles. The van der Waals surface area contributed by atoms with E-state index >= 15 is 0 Å². The van der Waals surface area contributed by atoms with Gasteiger partial charge in [-0.3, -0.25) is 0 Å². The maximum Gasteiger partial charge on any atom is 0.417 e. The molecule has 4 nitrogen and oxygen atoms in total. The number of halogens is 3. The quantitative estimate of drug-likeness (QED) is 0.838. The van der Waals surface area contributed by atoms with Crippen LogP contribution >= 0.6 is 0 Å². The van der Waals surface area contributed by atoms with Gasteiger partial charge in [0.05, 0.1) is 12.2 Å². The van der Waals surface area contributed by atoms with Crippen LogP contribution in [-0.4, -0.2) is 30.9 Å². The van der Waals surface area contributed by atoms with Crippen molar-refractivity contribution in [3.8, 4) is 5.75 Å². The number of aliphatic carboxylic acids is 1. The summed E-state index contributed by atoms with van der Waals surface area (Å²) in [4.78, 5) is 10.5. The van der Waals surface area contributed by atoms with Crippen LogP contribution in [0.15, 0.2) is 24.3 Å². The van der Waals surface area contributed by atoms with Crippen molar-refractivity contribution in [1.82, 2.24) is 0 Å². The second-order valence-electron chi connectivity index (χ2n) is 5.29. The van der Waals surface area contributed by atoms with Crippen LogP contribution in [-0.2, 0) is 15.7 Å². The summed E-state index contributed by atoms with van der Waals surface area (Å²) >= 11 is 0. The SMILES string of the molecule is O=C(O)/C=C/c1ccc(OCC2CCOCC2)cc1C(F)(F)F. The summed E-state index contributed by atoms with van der Waals surface area (Å²) in [6, 6.07) is 3.53. The Morgan fingerprint density at radius 1 is 1.35 bits per heavy atom. The highest BCUT2D eigenvalue weighted by atomic mass is 19.4. The lowest BCUT2D eigenvalue weighted by molar-refractivity contribution is -0.138. The second-order valence-corrected chi connectivity index (χ2v) is 5.29. The summed E-state index contributed by atoms with van der Waals surface area (Å²) < 4.78 is 50.0. The monoisotopic (exact) mass is 330 g/mol. The molecule has 126 valence electrons. The fraction of sp³-hybridized carbons (Fsp3) is 0.438. The molecule has 1 aromatic rings. The van der Waals surface area contributed by atoms with Crippen molar-refractivity contribution >= 4 is 12.0 Å². The summed E-state index contributed by atoms with van der Waals surface area (Å²) in [6.45, 7) is 1.62. The van der Waals surface area contributed by atoms with Gasteiger partial charge < -0.3 is 14.6 Å². The second kappa shape index (κ2) is 7.50. The number of alkyl halides is 3. The molecule has 1 fully saturated rings. The number of carboxylic acids is 1. The van der Waals surface area contributed by atoms with Gasteiger partial charge in [0.15, 0.2) is 0 Å². The third-order valence-electron chi connectivity index (χ3n) is 3.56. The van der Waals surface area contributed by atoms with E-state index < -0.39 is 17.7 Å². The van der Waals surface area contributed by atoms with Gasteiger partial charge in [0.2, 0.25) is 0 Å². The predicted molar refractivity (Wildman–Crippen MR) is 77.2 cm³/mol. The van der Waals surface area contributed by atoms with E-state index in [1.54, 1.807) is 0 Å². The molecule has 1 aliphatic rings. The van der Waals surface area contributed by atoms with Gasteiger partial charge in [-0.15, -0.1) is 0 Å². The first-order chi connectivity index (χ1) is 10.9. The number of hydrogen-bond donors (Lipinski definition) is 1. The van der Waals surface area contributed by atoms with E-state index in [0.717, 1.165) is 25.0 Å². The highest BCUT2D eigenvalue weighted by Gasteiger charge is 2.33. The van der Waals surface area contributed by atoms with Gasteiger partial charge in [-0.2, -0.15) is 13.2 Å². The molecule has 0 radical (unpaired) electrons. The maximum absolute atomic E-state index is 13.1. The third kappa shape index (κ3) is 5.28. The first kappa shape index (κ1) is 17.3. The number of benzene rings is 1. The van der Waals surface area contributed by atoms with Gasteiger partial charge in [-0.05, 0) is 42.5 Å². The van der Waals surface area contributed by atoms with Gasteiger partial charge in [0, 0.05) is 19.3 Å². The molecule has 1 N–H and O–H groups in total. The van der Waals surface area contributed by atoms with Crippen LogP contribution in [0.3, 0.4) is 0 Å². The fourth-order valence-corrected chi connectivity index (χ4v) is 2.30. The van der Waals surface area contributed by atoms with E-state index in [-0.39, 0.29) is 17.2 Å². The van der Waals surface area contributed by atoms with E-state index in [4.69, 9.17) is 14.6 Å². The van der Waals surface area contributed by atoms with E-state index in [1.807, 2.05) is 0 Å². The molecule has 0 aliphatic carbocycles. The van der Waals surface area contributed by atoms with Crippen molar-refractivity contribution in [2.75, 3.05) is 19.8 Å². The van der Waals surface area contributed by atoms with Crippen molar-refractivity contribution in [3.05, 3.63) is 35.4 Å². The number of hydrogen-bond acceptors (Lipinski definition) is 3. The molecule has 2 rings (SSSR count). The average molecular weight is 330 g/mol. The topological polar surface area (TPSA) is 55.8 Å². The highest BCUT2D eigenvalue weighted by Crippen LogP contribution is 2.35. The van der Waals surface area contributed by atoms with E-state index in [1.165, 1.54) is 12.1 Å². The summed E-state index contributed by atoms with van der Waals surface area (Å²) in [6.07, 6.45) is -1.34. The Balaban J connectivity index is 2.13. The Morgan fingerprint density at radius 3 is 2.65 bits per heavy atom. The van der Waals surface area contributed by atoms with Crippen molar-refractivity contribution in [1.29, 1.82) is 0 Å². The lowest BCUT2D eigenvalue weighted by atomic mass is 10.0. The molecule has 0 amide bonds. The normalized spacial score (nSPS) is 16.7. The molecular formula is C16H17F3O4. The summed E-state index contributed by atoms with van der Waals surface area (Å²) in [5, 5.41) is 8.55. The smallest absolute Gasteiger partial charge is 0.417 e. The standard InChI is InChI=1S/C16H17F3O4/c17-16(18,19)14-9-13(3-1-12(14)2-4-15(20)21)23-10-11-5-7-22-8-6-11/h1-4,9,11H,5-8,10H2,(H,20,21)/b4-2+. The predicted octanol–water partition coefficient (Wildman–Crippen LogP) is 3.61. The highest BCUT2D eigenvalue weighted by molar-refractivity contribution is 5.85. The molecule has 7 heteroatoms. The van der Waals surface area contributed by atoms with Crippen LogP contribution in [0.2, 0.25) is 0 Å². The first-order valence-corrected chi connectivity index (χ1v) is 7.19. The van der Waals surface area contributed by atoms with Gasteiger partial charge in [-0.25, -0.2) is 4.79 Å². The van der Waals surface area contributed by atoms with Gasteiger partial charge >= 0.3 is 12.1 Å². The zero-order chi connectivity index (χ0) is 16.9. The lowest BCUT2D eigenvalue weighted by Crippen LogP contribution is -2.21. The van der Waals surface area contributed by atoms with Crippen molar-refractivity contribution in [2.24, 2.45) is 5.92 Å². The fourth-order valence-electron chi connectivity index (χ4n) is 2.30. The minimum atomic E-state index is -4.59. The summed E-state index contributed by atoms with van der Waals surface area (Å²) in [5.74, 6) is -0.918. The maximum atomic E-state index is 13.1. The molecule has 0 bridgehead atoms. The first-order valence-electron chi connectivity index (χ1n) is 7.19. The van der Waals surface area contributed by atoms with E-state index in [9.17, 15) is 18.0 Å². The Bertz CT molecular complexity index is 575. The van der Waals surface area contributed by atoms with Crippen LogP contribution in [0.1, 0.15) is 24.0 Å². The van der Waals surface area contributed by atoms with Gasteiger partial charge in [0.1, 0.15) is 5.75 Å². The average Bonchev–Trinajstić information content (AvgIpc) is 2.51. The van der Waals surface area contributed by atoms with Crippen LogP contribution in [0.4, 0.5) is 13.2 Å². The minimum Gasteiger partial charge on any atom is -0.493 e. The van der Waals surface area contributed by atoms with Crippen LogP contribution < -0.4 is 4.74 Å². The summed E-state index contributed by atoms with van der Waals surface area (Å²) in [5.41, 5.74) is -1.13. The van der Waals surface area contributed by atoms with Crippen LogP contribution in [0.5, 0.6) is 5.75 Å². The zero-order valence-corrected chi connectivity index (χ0v) is 12.3. The molecule has 23 heavy (non-hydrogen) atoms. The van der Waals surface area contributed by atoms with Gasteiger partial charge in [-0.1, -0.05) is 6.07 Å². The molecule has 0 saturated carbocycles. The van der Waals surface area contributed by atoms with Crippen LogP contribution in [0.25, 0.3) is 6.08 Å². The number of rotatable bonds is 5. The Kier molecular flexibility index (Phi) is 5.65. The number of carbonyl (C=O) groups is 1. The molecule has 0 atom stereocenters. The Hall–Kier alpha value is -2.02. The Labute approximate surface area is 131 Å². The third-order valence-corrected chi connectivity index (χ3v) is 3.56. The van der Waals surface area contributed by atoms with Crippen molar-refractivity contribution < 1.29 is 32.5 Å². The van der Waals surface area contributed by atoms with Crippen molar-refractivity contribution in [2.45, 2.75) is 19.0 Å². The molecule has 1 saturated heterocycles. The molecule has 0 aromatic heterocycles. The van der Waals surface area contributed by atoms with Crippen molar-refractivity contribution in [3.63, 3.8) is 0 Å². The van der Waals surface area contributed by atoms with E-state index in [0.29, 0.717) is 25.9 Å².